The Hall–Kier alpha value is -1.26. The van der Waals surface area contributed by atoms with Crippen LogP contribution in [0.15, 0.2) is 18.3 Å². The van der Waals surface area contributed by atoms with Crippen LogP contribution in [-0.2, 0) is 11.3 Å². The van der Waals surface area contributed by atoms with Crippen molar-refractivity contribution in [3.05, 3.63) is 29.6 Å². The number of nitrogens with zero attached hydrogens (tertiary/aromatic N) is 1. The molecule has 0 aliphatic carbocycles. The molecule has 1 rings (SSSR count). The van der Waals surface area contributed by atoms with E-state index in [2.05, 4.69) is 4.98 Å². The average molecular weight is 208 g/mol. The molecule has 0 unspecified atom stereocenters. The van der Waals surface area contributed by atoms with Crippen LogP contribution in [0.3, 0.4) is 0 Å². The molecule has 0 aliphatic heterocycles. The lowest BCUT2D eigenvalue weighted by Crippen LogP contribution is -2.11. The fourth-order valence-electron chi connectivity index (χ4n) is 1.16. The Kier molecular flexibility index (Phi) is 4.93. The summed E-state index contributed by atoms with van der Waals surface area (Å²) in [7, 11) is 0. The van der Waals surface area contributed by atoms with Crippen LogP contribution in [-0.4, -0.2) is 24.0 Å². The number of aromatic nitrogens is 1. The van der Waals surface area contributed by atoms with Crippen LogP contribution in [0, 0.1) is 0 Å². The molecule has 1 aromatic rings. The Bertz CT molecular complexity index is 326. The molecule has 1 aromatic heterocycles. The molecule has 0 aromatic carbocycles. The standard InChI is InChI=1S/C11H16N2O2/c1-2-5-15-8-11(14)9-3-4-13-10(6-9)7-12/h3-4,6H,2,5,7-8,12H2,1H3. The van der Waals surface area contributed by atoms with Gasteiger partial charge in [-0.05, 0) is 18.6 Å². The summed E-state index contributed by atoms with van der Waals surface area (Å²) in [5, 5.41) is 0. The zero-order valence-corrected chi connectivity index (χ0v) is 8.90. The molecule has 4 heteroatoms. The van der Waals surface area contributed by atoms with E-state index < -0.39 is 0 Å². The number of rotatable bonds is 6. The molecule has 1 heterocycles. The number of hydrogen-bond donors (Lipinski definition) is 1. The zero-order chi connectivity index (χ0) is 11.1. The monoisotopic (exact) mass is 208 g/mol. The van der Waals surface area contributed by atoms with E-state index in [0.29, 0.717) is 18.7 Å². The Morgan fingerprint density at radius 2 is 2.40 bits per heavy atom. The molecule has 0 amide bonds. The number of carbonyl (C=O) groups is 1. The molecule has 2 N–H and O–H groups in total. The number of ether oxygens (including phenoxy) is 1. The molecule has 82 valence electrons. The Labute approximate surface area is 89.5 Å². The first kappa shape index (κ1) is 11.8. The van der Waals surface area contributed by atoms with Crippen molar-refractivity contribution in [1.82, 2.24) is 4.98 Å². The van der Waals surface area contributed by atoms with Gasteiger partial charge in [0.2, 0.25) is 0 Å². The highest BCUT2D eigenvalue weighted by Gasteiger charge is 2.06. The predicted octanol–water partition coefficient (Wildman–Crippen LogP) is 1.15. The van der Waals surface area contributed by atoms with Crippen LogP contribution < -0.4 is 5.73 Å². The number of nitrogens with two attached hydrogens (primary N) is 1. The van der Waals surface area contributed by atoms with E-state index in [-0.39, 0.29) is 12.4 Å². The van der Waals surface area contributed by atoms with Crippen molar-refractivity contribution in [2.24, 2.45) is 5.73 Å². The van der Waals surface area contributed by atoms with Gasteiger partial charge in [-0.15, -0.1) is 0 Å². The third-order valence-electron chi connectivity index (χ3n) is 1.93. The second kappa shape index (κ2) is 6.27. The molecule has 0 saturated heterocycles. The van der Waals surface area contributed by atoms with Crippen molar-refractivity contribution in [2.45, 2.75) is 19.9 Å². The first-order chi connectivity index (χ1) is 7.27. The van der Waals surface area contributed by atoms with Gasteiger partial charge in [0, 0.05) is 24.9 Å². The van der Waals surface area contributed by atoms with Crippen molar-refractivity contribution < 1.29 is 9.53 Å². The molecule has 0 atom stereocenters. The van der Waals surface area contributed by atoms with Gasteiger partial charge >= 0.3 is 0 Å². The molecule has 4 nitrogen and oxygen atoms in total. The molecule has 0 saturated carbocycles. The lowest BCUT2D eigenvalue weighted by Gasteiger charge is -2.03. The first-order valence-corrected chi connectivity index (χ1v) is 5.04. The van der Waals surface area contributed by atoms with Gasteiger partial charge in [-0.25, -0.2) is 0 Å². The van der Waals surface area contributed by atoms with Gasteiger partial charge in [0.15, 0.2) is 5.78 Å². The second-order valence-electron chi connectivity index (χ2n) is 3.22. The third kappa shape index (κ3) is 3.77. The number of Topliss-reactive ketones (excluding diaryl/α,β-unsaturated/α-hetero) is 1. The number of carbonyl (C=O) groups excluding carboxylic acids is 1. The molecular formula is C11H16N2O2. The Morgan fingerprint density at radius 3 is 3.07 bits per heavy atom. The second-order valence-corrected chi connectivity index (χ2v) is 3.22. The minimum atomic E-state index is -0.0273. The molecule has 0 bridgehead atoms. The quantitative estimate of drug-likeness (QED) is 0.562. The van der Waals surface area contributed by atoms with Gasteiger partial charge in [0.05, 0.1) is 5.69 Å². The van der Waals surface area contributed by atoms with E-state index in [0.717, 1.165) is 12.1 Å². The maximum atomic E-state index is 11.6. The maximum absolute atomic E-state index is 11.6. The van der Waals surface area contributed by atoms with Gasteiger partial charge in [-0.1, -0.05) is 6.92 Å². The minimum Gasteiger partial charge on any atom is -0.373 e. The summed E-state index contributed by atoms with van der Waals surface area (Å²) < 4.78 is 5.17. The highest BCUT2D eigenvalue weighted by molar-refractivity contribution is 5.97. The number of ketones is 1. The SMILES string of the molecule is CCCOCC(=O)c1ccnc(CN)c1. The summed E-state index contributed by atoms with van der Waals surface area (Å²) in [6.45, 7) is 3.09. The lowest BCUT2D eigenvalue weighted by atomic mass is 10.1. The molecule has 0 radical (unpaired) electrons. The van der Waals surface area contributed by atoms with Crippen molar-refractivity contribution in [1.29, 1.82) is 0 Å². The van der Waals surface area contributed by atoms with Crippen LogP contribution in [0.25, 0.3) is 0 Å². The third-order valence-corrected chi connectivity index (χ3v) is 1.93. The lowest BCUT2D eigenvalue weighted by molar-refractivity contribution is 0.0761. The highest BCUT2D eigenvalue weighted by atomic mass is 16.5. The van der Waals surface area contributed by atoms with Gasteiger partial charge in [-0.3, -0.25) is 9.78 Å². The van der Waals surface area contributed by atoms with Gasteiger partial charge in [0.1, 0.15) is 6.61 Å². The van der Waals surface area contributed by atoms with Crippen LogP contribution in [0.5, 0.6) is 0 Å². The summed E-state index contributed by atoms with van der Waals surface area (Å²) in [5.41, 5.74) is 6.77. The van der Waals surface area contributed by atoms with Gasteiger partial charge in [0.25, 0.3) is 0 Å². The minimum absolute atomic E-state index is 0.0273. The summed E-state index contributed by atoms with van der Waals surface area (Å²) >= 11 is 0. The van der Waals surface area contributed by atoms with E-state index in [1.54, 1.807) is 18.3 Å². The molecule has 0 aliphatic rings. The van der Waals surface area contributed by atoms with Crippen molar-refractivity contribution in [3.63, 3.8) is 0 Å². The van der Waals surface area contributed by atoms with Crippen molar-refractivity contribution in [3.8, 4) is 0 Å². The van der Waals surface area contributed by atoms with Crippen LogP contribution >= 0.6 is 0 Å². The van der Waals surface area contributed by atoms with Crippen LogP contribution in [0.2, 0.25) is 0 Å². The van der Waals surface area contributed by atoms with Gasteiger partial charge < -0.3 is 10.5 Å². The summed E-state index contributed by atoms with van der Waals surface area (Å²) in [5.74, 6) is -0.0273. The van der Waals surface area contributed by atoms with Crippen LogP contribution in [0.4, 0.5) is 0 Å². The van der Waals surface area contributed by atoms with E-state index >= 15 is 0 Å². The fraction of sp³-hybridized carbons (Fsp3) is 0.455. The topological polar surface area (TPSA) is 65.2 Å². The normalized spacial score (nSPS) is 10.3. The van der Waals surface area contributed by atoms with E-state index in [4.69, 9.17) is 10.5 Å². The Balaban J connectivity index is 2.57. The van der Waals surface area contributed by atoms with E-state index in [1.165, 1.54) is 0 Å². The molecule has 0 spiro atoms. The number of hydrogen-bond acceptors (Lipinski definition) is 4. The van der Waals surface area contributed by atoms with Crippen LogP contribution in [0.1, 0.15) is 29.4 Å². The predicted molar refractivity (Wildman–Crippen MR) is 57.6 cm³/mol. The summed E-state index contributed by atoms with van der Waals surface area (Å²) in [6, 6.07) is 3.38. The smallest absolute Gasteiger partial charge is 0.188 e. The summed E-state index contributed by atoms with van der Waals surface area (Å²) in [4.78, 5) is 15.6. The van der Waals surface area contributed by atoms with Crippen molar-refractivity contribution >= 4 is 5.78 Å². The van der Waals surface area contributed by atoms with Crippen molar-refractivity contribution in [2.75, 3.05) is 13.2 Å². The highest BCUT2D eigenvalue weighted by Crippen LogP contribution is 2.03. The number of pyridine rings is 1. The maximum Gasteiger partial charge on any atom is 0.188 e. The Morgan fingerprint density at radius 1 is 1.60 bits per heavy atom. The molecule has 0 fully saturated rings. The van der Waals surface area contributed by atoms with Gasteiger partial charge in [-0.2, -0.15) is 0 Å². The van der Waals surface area contributed by atoms with E-state index in [9.17, 15) is 4.79 Å². The van der Waals surface area contributed by atoms with E-state index in [1.807, 2.05) is 6.92 Å². The molecule has 15 heavy (non-hydrogen) atoms. The fourth-order valence-corrected chi connectivity index (χ4v) is 1.16. The zero-order valence-electron chi connectivity index (χ0n) is 8.90. The largest absolute Gasteiger partial charge is 0.373 e. The molecular weight excluding hydrogens is 192 g/mol. The first-order valence-electron chi connectivity index (χ1n) is 5.04. The average Bonchev–Trinajstić information content (AvgIpc) is 2.29. The summed E-state index contributed by atoms with van der Waals surface area (Å²) in [6.07, 6.45) is 2.51.